The average Bonchev–Trinajstić information content (AvgIpc) is 2.74. The van der Waals surface area contributed by atoms with Crippen molar-refractivity contribution < 1.29 is 9.32 Å². The maximum absolute atomic E-state index is 12.5. The van der Waals surface area contributed by atoms with E-state index in [4.69, 9.17) is 4.52 Å². The van der Waals surface area contributed by atoms with Crippen LogP contribution in [-0.4, -0.2) is 10.9 Å². The highest BCUT2D eigenvalue weighted by Crippen LogP contribution is 2.29. The van der Waals surface area contributed by atoms with Crippen molar-refractivity contribution in [1.29, 1.82) is 0 Å². The van der Waals surface area contributed by atoms with Crippen LogP contribution in [0.1, 0.15) is 39.4 Å². The van der Waals surface area contributed by atoms with E-state index in [1.165, 1.54) is 5.56 Å². The zero-order chi connectivity index (χ0) is 13.4. The van der Waals surface area contributed by atoms with Crippen molar-refractivity contribution in [2.45, 2.75) is 33.1 Å². The van der Waals surface area contributed by atoms with Crippen LogP contribution in [0.4, 0.5) is 0 Å². The molecule has 0 aliphatic heterocycles. The number of aryl methyl sites for hydroxylation is 3. The third kappa shape index (κ3) is 2.09. The molecule has 0 amide bonds. The molecular weight excluding hydrogens is 238 g/mol. The Bertz CT molecular complexity index is 608. The van der Waals surface area contributed by atoms with Crippen molar-refractivity contribution in [2.75, 3.05) is 0 Å². The Hall–Kier alpha value is -1.90. The van der Waals surface area contributed by atoms with E-state index >= 15 is 0 Å². The lowest BCUT2D eigenvalue weighted by Gasteiger charge is -2.23. The van der Waals surface area contributed by atoms with Crippen LogP contribution in [-0.2, 0) is 12.8 Å². The number of ketones is 1. The van der Waals surface area contributed by atoms with E-state index in [-0.39, 0.29) is 11.7 Å². The van der Waals surface area contributed by atoms with E-state index in [0.717, 1.165) is 41.8 Å². The summed E-state index contributed by atoms with van der Waals surface area (Å²) in [5.41, 5.74) is 4.08. The minimum atomic E-state index is 0.0618. The molecule has 98 valence electrons. The summed E-state index contributed by atoms with van der Waals surface area (Å²) in [5.74, 6) is 1.16. The summed E-state index contributed by atoms with van der Waals surface area (Å²) in [5, 5.41) is 3.96. The number of hydrogen-bond acceptors (Lipinski definition) is 3. The zero-order valence-electron chi connectivity index (χ0n) is 11.3. The smallest absolute Gasteiger partial charge is 0.166 e. The number of nitrogens with zero attached hydrogens (tertiary/aromatic N) is 1. The topological polar surface area (TPSA) is 43.1 Å². The van der Waals surface area contributed by atoms with Gasteiger partial charge in [-0.2, -0.15) is 0 Å². The summed E-state index contributed by atoms with van der Waals surface area (Å²) in [6, 6.07) is 7.94. The molecule has 1 aromatic carbocycles. The summed E-state index contributed by atoms with van der Waals surface area (Å²) in [6.07, 6.45) is 2.64. The highest BCUT2D eigenvalue weighted by Gasteiger charge is 2.28. The molecule has 19 heavy (non-hydrogen) atoms. The van der Waals surface area contributed by atoms with Crippen LogP contribution in [0.2, 0.25) is 0 Å². The molecule has 0 radical (unpaired) electrons. The molecule has 0 saturated carbocycles. The molecule has 0 fully saturated rings. The van der Waals surface area contributed by atoms with Crippen LogP contribution in [0.5, 0.6) is 0 Å². The Labute approximate surface area is 112 Å². The first-order valence-electron chi connectivity index (χ1n) is 6.70. The van der Waals surface area contributed by atoms with Crippen molar-refractivity contribution in [3.8, 4) is 0 Å². The van der Waals surface area contributed by atoms with Crippen LogP contribution in [0.25, 0.3) is 0 Å². The maximum atomic E-state index is 12.5. The largest absolute Gasteiger partial charge is 0.361 e. The first-order valence-corrected chi connectivity index (χ1v) is 6.70. The molecule has 0 spiro atoms. The fourth-order valence-electron chi connectivity index (χ4n) is 2.89. The first kappa shape index (κ1) is 12.2. The Morgan fingerprint density at radius 2 is 2.11 bits per heavy atom. The lowest BCUT2D eigenvalue weighted by atomic mass is 9.79. The molecule has 1 aliphatic rings. The standard InChI is InChI=1S/C16H17NO2/c1-10-15(11(2)19-17-10)9-13-8-7-12-5-3-4-6-14(12)16(13)18/h3-6,13H,7-9H2,1-2H3. The third-order valence-corrected chi connectivity index (χ3v) is 4.05. The molecule has 1 heterocycles. The molecule has 1 aromatic heterocycles. The number of benzene rings is 1. The highest BCUT2D eigenvalue weighted by molar-refractivity contribution is 6.00. The van der Waals surface area contributed by atoms with Crippen LogP contribution < -0.4 is 0 Å². The van der Waals surface area contributed by atoms with Gasteiger partial charge in [-0.15, -0.1) is 0 Å². The predicted octanol–water partition coefficient (Wildman–Crippen LogP) is 3.28. The molecule has 1 unspecified atom stereocenters. The second-order valence-electron chi connectivity index (χ2n) is 5.26. The first-order chi connectivity index (χ1) is 9.16. The molecule has 2 aromatic rings. The van der Waals surface area contributed by atoms with Crippen LogP contribution >= 0.6 is 0 Å². The van der Waals surface area contributed by atoms with E-state index < -0.39 is 0 Å². The molecule has 0 saturated heterocycles. The number of fused-ring (bicyclic) bond motifs is 1. The van der Waals surface area contributed by atoms with E-state index in [0.29, 0.717) is 0 Å². The van der Waals surface area contributed by atoms with Crippen LogP contribution in [0.15, 0.2) is 28.8 Å². The summed E-state index contributed by atoms with van der Waals surface area (Å²) >= 11 is 0. The van der Waals surface area contributed by atoms with Crippen molar-refractivity contribution in [3.63, 3.8) is 0 Å². The number of rotatable bonds is 2. The Morgan fingerprint density at radius 1 is 1.32 bits per heavy atom. The number of carbonyl (C=O) groups is 1. The van der Waals surface area contributed by atoms with Gasteiger partial charge in [0.2, 0.25) is 0 Å². The quantitative estimate of drug-likeness (QED) is 0.827. The minimum absolute atomic E-state index is 0.0618. The molecule has 3 nitrogen and oxygen atoms in total. The summed E-state index contributed by atoms with van der Waals surface area (Å²) in [6.45, 7) is 3.85. The molecule has 1 atom stereocenters. The number of hydrogen-bond donors (Lipinski definition) is 0. The third-order valence-electron chi connectivity index (χ3n) is 4.05. The molecule has 3 rings (SSSR count). The number of aromatic nitrogens is 1. The fraction of sp³-hybridized carbons (Fsp3) is 0.375. The number of Topliss-reactive ketones (excluding diaryl/α,β-unsaturated/α-hetero) is 1. The summed E-state index contributed by atoms with van der Waals surface area (Å²) in [4.78, 5) is 12.5. The second kappa shape index (κ2) is 4.65. The molecule has 1 aliphatic carbocycles. The second-order valence-corrected chi connectivity index (χ2v) is 5.26. The minimum Gasteiger partial charge on any atom is -0.361 e. The zero-order valence-corrected chi connectivity index (χ0v) is 11.3. The van der Waals surface area contributed by atoms with Gasteiger partial charge in [0.25, 0.3) is 0 Å². The van der Waals surface area contributed by atoms with E-state index in [9.17, 15) is 4.79 Å². The maximum Gasteiger partial charge on any atom is 0.166 e. The fourth-order valence-corrected chi connectivity index (χ4v) is 2.89. The molecule has 0 bridgehead atoms. The molecule has 3 heteroatoms. The lowest BCUT2D eigenvalue weighted by molar-refractivity contribution is 0.0901. The van der Waals surface area contributed by atoms with E-state index in [1.54, 1.807) is 0 Å². The van der Waals surface area contributed by atoms with Crippen molar-refractivity contribution in [1.82, 2.24) is 5.16 Å². The summed E-state index contributed by atoms with van der Waals surface area (Å²) < 4.78 is 5.18. The van der Waals surface area contributed by atoms with Crippen LogP contribution in [0, 0.1) is 19.8 Å². The Morgan fingerprint density at radius 3 is 2.84 bits per heavy atom. The van der Waals surface area contributed by atoms with Gasteiger partial charge in [0, 0.05) is 17.0 Å². The van der Waals surface area contributed by atoms with Crippen LogP contribution in [0.3, 0.4) is 0 Å². The summed E-state index contributed by atoms with van der Waals surface area (Å²) in [7, 11) is 0. The van der Waals surface area contributed by atoms with E-state index in [1.807, 2.05) is 32.0 Å². The van der Waals surface area contributed by atoms with Gasteiger partial charge >= 0.3 is 0 Å². The SMILES string of the molecule is Cc1noc(C)c1CC1CCc2ccccc2C1=O. The Balaban J connectivity index is 1.87. The lowest BCUT2D eigenvalue weighted by Crippen LogP contribution is -2.24. The predicted molar refractivity (Wildman–Crippen MR) is 72.3 cm³/mol. The van der Waals surface area contributed by atoms with Gasteiger partial charge in [-0.3, -0.25) is 4.79 Å². The van der Waals surface area contributed by atoms with Gasteiger partial charge in [0.15, 0.2) is 5.78 Å². The Kier molecular flexibility index (Phi) is 2.97. The van der Waals surface area contributed by atoms with Gasteiger partial charge in [-0.1, -0.05) is 29.4 Å². The van der Waals surface area contributed by atoms with Gasteiger partial charge in [-0.05, 0) is 38.7 Å². The van der Waals surface area contributed by atoms with Crippen molar-refractivity contribution >= 4 is 5.78 Å². The molecule has 0 N–H and O–H groups in total. The van der Waals surface area contributed by atoms with Gasteiger partial charge in [0.1, 0.15) is 5.76 Å². The van der Waals surface area contributed by atoms with Gasteiger partial charge < -0.3 is 4.52 Å². The van der Waals surface area contributed by atoms with Gasteiger partial charge in [0.05, 0.1) is 5.69 Å². The monoisotopic (exact) mass is 255 g/mol. The normalized spacial score (nSPS) is 18.4. The average molecular weight is 255 g/mol. The van der Waals surface area contributed by atoms with E-state index in [2.05, 4.69) is 11.2 Å². The van der Waals surface area contributed by atoms with Crippen molar-refractivity contribution in [2.24, 2.45) is 5.92 Å². The van der Waals surface area contributed by atoms with Gasteiger partial charge in [-0.25, -0.2) is 0 Å². The number of carbonyl (C=O) groups excluding carboxylic acids is 1. The highest BCUT2D eigenvalue weighted by atomic mass is 16.5. The van der Waals surface area contributed by atoms with Crippen molar-refractivity contribution in [3.05, 3.63) is 52.4 Å². The molecular formula is C16H17NO2.